The van der Waals surface area contributed by atoms with Crippen LogP contribution in [0.25, 0.3) is 0 Å². The first-order chi connectivity index (χ1) is 9.49. The normalized spacial score (nSPS) is 19.5. The summed E-state index contributed by atoms with van der Waals surface area (Å²) in [5, 5.41) is 14.3. The number of benzene rings is 1. The molecule has 0 spiro atoms. The summed E-state index contributed by atoms with van der Waals surface area (Å²) in [5.41, 5.74) is 0.166. The number of hydrogen-bond acceptors (Lipinski definition) is 3. The van der Waals surface area contributed by atoms with Gasteiger partial charge in [-0.25, -0.2) is 9.40 Å². The molecule has 1 N–H and O–H groups in total. The van der Waals surface area contributed by atoms with Gasteiger partial charge in [-0.1, -0.05) is 18.2 Å². The molecule has 0 saturated carbocycles. The summed E-state index contributed by atoms with van der Waals surface area (Å²) in [6, 6.07) is 5.72. The summed E-state index contributed by atoms with van der Waals surface area (Å²) >= 11 is 0. The van der Waals surface area contributed by atoms with Crippen LogP contribution in [0.15, 0.2) is 29.4 Å². The third-order valence-corrected chi connectivity index (χ3v) is 3.18. The molecule has 1 atom stereocenters. The maximum atomic E-state index is 13.8. The Balaban J connectivity index is 2.40. The first kappa shape index (κ1) is 14.2. The highest BCUT2D eigenvalue weighted by Gasteiger charge is 2.28. The van der Waals surface area contributed by atoms with Crippen LogP contribution in [0.5, 0.6) is 0 Å². The number of aliphatic carboxylic acids is 1. The lowest BCUT2D eigenvalue weighted by Gasteiger charge is -2.17. The summed E-state index contributed by atoms with van der Waals surface area (Å²) in [4.78, 5) is 22.6. The molecule has 2 rings (SSSR count). The lowest BCUT2D eigenvalue weighted by Crippen LogP contribution is -2.28. The van der Waals surface area contributed by atoms with Gasteiger partial charge >= 0.3 is 5.97 Å². The fourth-order valence-electron chi connectivity index (χ4n) is 2.12. The number of hydrazone groups is 1. The molecule has 0 radical (unpaired) electrons. The molecular weight excluding hydrogens is 263 g/mol. The average molecular weight is 278 g/mol. The van der Waals surface area contributed by atoms with E-state index in [1.807, 2.05) is 6.92 Å². The van der Waals surface area contributed by atoms with E-state index < -0.39 is 18.2 Å². The zero-order valence-corrected chi connectivity index (χ0v) is 11.0. The molecule has 106 valence electrons. The topological polar surface area (TPSA) is 70.0 Å². The molecule has 1 aromatic carbocycles. The second-order valence-corrected chi connectivity index (χ2v) is 4.72. The molecule has 0 bridgehead atoms. The van der Waals surface area contributed by atoms with Crippen molar-refractivity contribution >= 4 is 17.6 Å². The van der Waals surface area contributed by atoms with E-state index in [-0.39, 0.29) is 23.2 Å². The zero-order chi connectivity index (χ0) is 14.7. The number of amides is 1. The van der Waals surface area contributed by atoms with Gasteiger partial charge in [0.25, 0.3) is 0 Å². The average Bonchev–Trinajstić information content (AvgIpc) is 2.70. The molecule has 1 aliphatic heterocycles. The number of carbonyl (C=O) groups excluding carboxylic acids is 1. The van der Waals surface area contributed by atoms with Gasteiger partial charge in [-0.2, -0.15) is 5.10 Å². The van der Waals surface area contributed by atoms with Crippen LogP contribution in [-0.4, -0.2) is 33.7 Å². The van der Waals surface area contributed by atoms with Crippen LogP contribution in [0.4, 0.5) is 4.39 Å². The molecular formula is C14H15FN2O3. The maximum Gasteiger partial charge on any atom is 0.309 e. The van der Waals surface area contributed by atoms with Gasteiger partial charge in [0.2, 0.25) is 5.91 Å². The van der Waals surface area contributed by atoms with E-state index in [1.54, 1.807) is 6.07 Å². The number of carbonyl (C=O) groups is 2. The Labute approximate surface area is 115 Å². The van der Waals surface area contributed by atoms with E-state index in [0.29, 0.717) is 12.8 Å². The van der Waals surface area contributed by atoms with Crippen LogP contribution < -0.4 is 0 Å². The minimum atomic E-state index is -1.12. The Kier molecular flexibility index (Phi) is 4.12. The van der Waals surface area contributed by atoms with Crippen LogP contribution in [0, 0.1) is 5.82 Å². The van der Waals surface area contributed by atoms with Crippen molar-refractivity contribution in [2.24, 2.45) is 5.10 Å². The smallest absolute Gasteiger partial charge is 0.309 e. The number of nitrogens with zero attached hydrogens (tertiary/aromatic N) is 2. The summed E-state index contributed by atoms with van der Waals surface area (Å²) in [6.07, 6.45) is 0.611. The molecule has 0 aromatic heterocycles. The van der Waals surface area contributed by atoms with E-state index >= 15 is 0 Å². The highest BCUT2D eigenvalue weighted by molar-refractivity contribution is 6.09. The van der Waals surface area contributed by atoms with Gasteiger partial charge in [-0.15, -0.1) is 0 Å². The van der Waals surface area contributed by atoms with Crippen molar-refractivity contribution in [2.75, 3.05) is 0 Å². The van der Waals surface area contributed by atoms with Crippen molar-refractivity contribution < 1.29 is 19.1 Å². The van der Waals surface area contributed by atoms with Gasteiger partial charge in [-0.3, -0.25) is 9.59 Å². The molecule has 1 aromatic rings. The quantitative estimate of drug-likeness (QED) is 0.856. The fraction of sp³-hybridized carbons (Fsp3) is 0.357. The number of carboxylic acids is 1. The maximum absolute atomic E-state index is 13.8. The van der Waals surface area contributed by atoms with E-state index in [1.165, 1.54) is 23.2 Å². The van der Waals surface area contributed by atoms with Crippen molar-refractivity contribution in [3.05, 3.63) is 35.6 Å². The summed E-state index contributed by atoms with van der Waals surface area (Å²) in [5.74, 6) is -1.84. The summed E-state index contributed by atoms with van der Waals surface area (Å²) in [7, 11) is 0. The number of rotatable bonds is 4. The highest BCUT2D eigenvalue weighted by atomic mass is 19.1. The van der Waals surface area contributed by atoms with Crippen LogP contribution in [0.2, 0.25) is 0 Å². The van der Waals surface area contributed by atoms with E-state index in [4.69, 9.17) is 5.11 Å². The predicted octanol–water partition coefficient (Wildman–Crippen LogP) is 2.02. The van der Waals surface area contributed by atoms with Crippen LogP contribution in [0.1, 0.15) is 31.7 Å². The van der Waals surface area contributed by atoms with E-state index in [2.05, 4.69) is 5.10 Å². The molecule has 6 heteroatoms. The predicted molar refractivity (Wildman–Crippen MR) is 70.7 cm³/mol. The lowest BCUT2D eigenvalue weighted by molar-refractivity contribution is -0.135. The van der Waals surface area contributed by atoms with Gasteiger partial charge < -0.3 is 5.11 Å². The van der Waals surface area contributed by atoms with Crippen molar-refractivity contribution in [2.45, 2.75) is 32.2 Å². The second-order valence-electron chi connectivity index (χ2n) is 4.72. The van der Waals surface area contributed by atoms with Crippen molar-refractivity contribution in [1.29, 1.82) is 0 Å². The monoisotopic (exact) mass is 278 g/mol. The molecule has 20 heavy (non-hydrogen) atoms. The van der Waals surface area contributed by atoms with Gasteiger partial charge in [0.1, 0.15) is 5.82 Å². The zero-order valence-electron chi connectivity index (χ0n) is 11.0. The van der Waals surface area contributed by atoms with Crippen LogP contribution in [-0.2, 0) is 9.59 Å². The molecule has 1 fully saturated rings. The van der Waals surface area contributed by atoms with Crippen LogP contribution >= 0.6 is 0 Å². The molecule has 1 heterocycles. The summed E-state index contributed by atoms with van der Waals surface area (Å²) < 4.78 is 13.8. The van der Waals surface area contributed by atoms with Crippen LogP contribution in [0.3, 0.4) is 0 Å². The lowest BCUT2D eigenvalue weighted by atomic mass is 10.1. The Hall–Kier alpha value is -2.24. The Bertz CT molecular complexity index is 571. The standard InChI is InChI=1S/C14H15FN2O3/c1-9-6-7-13(18)17(9)16-12(8-14(19)20)10-4-2-3-5-11(10)15/h2-5,9H,6-8H2,1H3,(H,19,20). The highest BCUT2D eigenvalue weighted by Crippen LogP contribution is 2.20. The Morgan fingerprint density at radius 2 is 2.20 bits per heavy atom. The molecule has 5 nitrogen and oxygen atoms in total. The largest absolute Gasteiger partial charge is 0.481 e. The third-order valence-electron chi connectivity index (χ3n) is 3.18. The molecule has 1 unspecified atom stereocenters. The van der Waals surface area contributed by atoms with Crippen molar-refractivity contribution in [3.8, 4) is 0 Å². The minimum absolute atomic E-state index is 0.0534. The van der Waals surface area contributed by atoms with Gasteiger partial charge in [0, 0.05) is 12.0 Å². The molecule has 1 aliphatic rings. The fourth-order valence-corrected chi connectivity index (χ4v) is 2.12. The van der Waals surface area contributed by atoms with E-state index in [0.717, 1.165) is 0 Å². The molecule has 0 aliphatic carbocycles. The molecule has 1 amide bonds. The Morgan fingerprint density at radius 1 is 1.50 bits per heavy atom. The van der Waals surface area contributed by atoms with E-state index in [9.17, 15) is 14.0 Å². The van der Waals surface area contributed by atoms with Crippen molar-refractivity contribution in [1.82, 2.24) is 5.01 Å². The number of carboxylic acid groups (broad SMARTS) is 1. The number of hydrogen-bond donors (Lipinski definition) is 1. The summed E-state index contributed by atoms with van der Waals surface area (Å²) in [6.45, 7) is 1.83. The first-order valence-electron chi connectivity index (χ1n) is 6.35. The van der Waals surface area contributed by atoms with Gasteiger partial charge in [-0.05, 0) is 19.4 Å². The number of halogens is 1. The minimum Gasteiger partial charge on any atom is -0.481 e. The van der Waals surface area contributed by atoms with Gasteiger partial charge in [0.05, 0.1) is 18.2 Å². The third kappa shape index (κ3) is 3.01. The molecule has 1 saturated heterocycles. The Morgan fingerprint density at radius 3 is 2.75 bits per heavy atom. The van der Waals surface area contributed by atoms with Crippen molar-refractivity contribution in [3.63, 3.8) is 0 Å². The first-order valence-corrected chi connectivity index (χ1v) is 6.35. The van der Waals surface area contributed by atoms with Gasteiger partial charge in [0.15, 0.2) is 0 Å². The second kappa shape index (κ2) is 5.81. The SMILES string of the molecule is CC1CCC(=O)N1N=C(CC(=O)O)c1ccccc1F.